The highest BCUT2D eigenvalue weighted by atomic mass is 19.4. The number of ether oxygens (including phenoxy) is 1. The Labute approximate surface area is 190 Å². The molecule has 0 fully saturated rings. The van der Waals surface area contributed by atoms with Crippen LogP contribution >= 0.6 is 0 Å². The average molecular weight is 566 g/mol. The minimum absolute atomic E-state index is 0.0287. The number of benzene rings is 1. The summed E-state index contributed by atoms with van der Waals surface area (Å²) in [6.07, 6.45) is -17.6. The minimum Gasteiger partial charge on any atom is -0.494 e. The Morgan fingerprint density at radius 2 is 1.03 bits per heavy atom. The van der Waals surface area contributed by atoms with E-state index in [0.717, 1.165) is 0 Å². The van der Waals surface area contributed by atoms with E-state index in [1.165, 1.54) is 0 Å². The molecule has 0 spiro atoms. The standard InChI is InChI=1S/C18H14F16O2/c1-2-7-36-10-5-3-9(4-6-10)11(35,17(29,30)31)8-12(19,20)13(21,22)14(23,24)15(25,26)16(27,28)18(32,33)34/h3-6,35H,2,7-8H2,1H3. The van der Waals surface area contributed by atoms with Crippen LogP contribution in [0.4, 0.5) is 70.2 Å². The maximum Gasteiger partial charge on any atom is 0.460 e. The first-order valence-electron chi connectivity index (χ1n) is 9.23. The monoisotopic (exact) mass is 566 g/mol. The van der Waals surface area contributed by atoms with Crippen LogP contribution in [0.2, 0.25) is 0 Å². The molecule has 0 bridgehead atoms. The maximum atomic E-state index is 14.1. The zero-order chi connectivity index (χ0) is 28.8. The Kier molecular flexibility index (Phi) is 8.25. The van der Waals surface area contributed by atoms with Crippen molar-refractivity contribution in [3.05, 3.63) is 29.8 Å². The fraction of sp³-hybridized carbons (Fsp3) is 0.667. The predicted molar refractivity (Wildman–Crippen MR) is 87.6 cm³/mol. The SMILES string of the molecule is CCCOc1ccc(C(O)(CC(F)(F)C(F)(F)C(F)(F)C(F)(F)C(F)(F)C(F)(F)F)C(F)(F)F)cc1. The van der Waals surface area contributed by atoms with E-state index in [-0.39, 0.29) is 24.5 Å². The highest BCUT2D eigenvalue weighted by Gasteiger charge is 2.91. The molecular weight excluding hydrogens is 552 g/mol. The van der Waals surface area contributed by atoms with Gasteiger partial charge in [-0.15, -0.1) is 0 Å². The molecule has 0 heterocycles. The third kappa shape index (κ3) is 5.01. The second kappa shape index (κ2) is 9.31. The lowest BCUT2D eigenvalue weighted by Gasteiger charge is -2.42. The summed E-state index contributed by atoms with van der Waals surface area (Å²) in [5.41, 5.74) is -6.94. The molecule has 0 aliphatic carbocycles. The molecule has 1 unspecified atom stereocenters. The van der Waals surface area contributed by atoms with Gasteiger partial charge in [0, 0.05) is 0 Å². The number of aliphatic hydroxyl groups is 1. The van der Waals surface area contributed by atoms with Crippen LogP contribution in [0.5, 0.6) is 5.75 Å². The van der Waals surface area contributed by atoms with Gasteiger partial charge in [0.1, 0.15) is 5.75 Å². The van der Waals surface area contributed by atoms with E-state index in [9.17, 15) is 75.4 Å². The van der Waals surface area contributed by atoms with Crippen molar-refractivity contribution in [3.8, 4) is 5.75 Å². The largest absolute Gasteiger partial charge is 0.494 e. The Balaban J connectivity index is 3.59. The van der Waals surface area contributed by atoms with Gasteiger partial charge in [0.2, 0.25) is 0 Å². The van der Waals surface area contributed by atoms with Gasteiger partial charge in [0.25, 0.3) is 0 Å². The van der Waals surface area contributed by atoms with Gasteiger partial charge in [0.15, 0.2) is 5.60 Å². The summed E-state index contributed by atoms with van der Waals surface area (Å²) in [5, 5.41) is 9.80. The minimum atomic E-state index is -8.28. The Morgan fingerprint density at radius 3 is 1.39 bits per heavy atom. The van der Waals surface area contributed by atoms with Crippen LogP contribution < -0.4 is 4.74 Å². The molecule has 1 aromatic rings. The van der Waals surface area contributed by atoms with Gasteiger partial charge < -0.3 is 9.84 Å². The highest BCUT2D eigenvalue weighted by molar-refractivity contribution is 5.32. The summed E-state index contributed by atoms with van der Waals surface area (Å²) < 4.78 is 217. The number of hydrogen-bond donors (Lipinski definition) is 1. The quantitative estimate of drug-likeness (QED) is 0.300. The van der Waals surface area contributed by atoms with E-state index in [0.29, 0.717) is 18.6 Å². The molecule has 0 aliphatic rings. The van der Waals surface area contributed by atoms with Crippen molar-refractivity contribution in [2.24, 2.45) is 0 Å². The third-order valence-electron chi connectivity index (χ3n) is 4.75. The summed E-state index contributed by atoms with van der Waals surface area (Å²) >= 11 is 0. The van der Waals surface area contributed by atoms with E-state index >= 15 is 0 Å². The van der Waals surface area contributed by atoms with Gasteiger partial charge >= 0.3 is 42.0 Å². The molecule has 1 atom stereocenters. The van der Waals surface area contributed by atoms with Crippen LogP contribution in [0.15, 0.2) is 24.3 Å². The van der Waals surface area contributed by atoms with Crippen molar-refractivity contribution in [3.63, 3.8) is 0 Å². The molecule has 0 amide bonds. The Hall–Kier alpha value is -2.14. The molecule has 1 N–H and O–H groups in total. The predicted octanol–water partition coefficient (Wildman–Crippen LogP) is 7.35. The fourth-order valence-electron chi connectivity index (χ4n) is 2.65. The highest BCUT2D eigenvalue weighted by Crippen LogP contribution is 2.62. The summed E-state index contributed by atoms with van der Waals surface area (Å²) in [6, 6.07) is 1.50. The van der Waals surface area contributed by atoms with Crippen molar-refractivity contribution in [1.82, 2.24) is 0 Å². The molecule has 0 saturated carbocycles. The molecule has 210 valence electrons. The average Bonchev–Trinajstić information content (AvgIpc) is 2.69. The molecule has 0 saturated heterocycles. The third-order valence-corrected chi connectivity index (χ3v) is 4.75. The lowest BCUT2D eigenvalue weighted by molar-refractivity contribution is -0.443. The Morgan fingerprint density at radius 1 is 0.611 bits per heavy atom. The summed E-state index contributed by atoms with van der Waals surface area (Å²) in [5.74, 6) is -40.0. The Bertz CT molecular complexity index is 888. The van der Waals surface area contributed by atoms with Crippen molar-refractivity contribution in [1.29, 1.82) is 0 Å². The zero-order valence-corrected chi connectivity index (χ0v) is 17.3. The smallest absolute Gasteiger partial charge is 0.460 e. The molecule has 0 aromatic heterocycles. The zero-order valence-electron chi connectivity index (χ0n) is 17.3. The van der Waals surface area contributed by atoms with E-state index < -0.39 is 59.6 Å². The molecular formula is C18H14F16O2. The molecule has 36 heavy (non-hydrogen) atoms. The van der Waals surface area contributed by atoms with Gasteiger partial charge in [-0.3, -0.25) is 0 Å². The van der Waals surface area contributed by atoms with Crippen molar-refractivity contribution < 1.29 is 80.1 Å². The lowest BCUT2D eigenvalue weighted by Crippen LogP contribution is -2.70. The van der Waals surface area contributed by atoms with E-state index in [1.807, 2.05) is 0 Å². The van der Waals surface area contributed by atoms with Gasteiger partial charge in [-0.05, 0) is 24.1 Å². The summed E-state index contributed by atoms with van der Waals surface area (Å²) in [4.78, 5) is 0. The molecule has 1 aromatic carbocycles. The number of hydrogen-bond acceptors (Lipinski definition) is 2. The first-order valence-corrected chi connectivity index (χ1v) is 9.23. The first kappa shape index (κ1) is 31.9. The van der Waals surface area contributed by atoms with Crippen LogP contribution in [-0.4, -0.2) is 53.7 Å². The second-order valence-electron chi connectivity index (χ2n) is 7.41. The second-order valence-corrected chi connectivity index (χ2v) is 7.41. The van der Waals surface area contributed by atoms with Crippen molar-refractivity contribution in [2.75, 3.05) is 6.61 Å². The van der Waals surface area contributed by atoms with Gasteiger partial charge in [0.05, 0.1) is 13.0 Å². The normalized spacial score (nSPS) is 16.6. The summed E-state index contributed by atoms with van der Waals surface area (Å²) in [7, 11) is 0. The van der Waals surface area contributed by atoms with Crippen LogP contribution in [0.3, 0.4) is 0 Å². The van der Waals surface area contributed by atoms with E-state index in [1.54, 1.807) is 6.92 Å². The number of halogens is 16. The van der Waals surface area contributed by atoms with Gasteiger partial charge in [-0.2, -0.15) is 70.2 Å². The first-order chi connectivity index (χ1) is 15.7. The molecule has 1 rings (SSSR count). The number of rotatable bonds is 10. The van der Waals surface area contributed by atoms with Crippen molar-refractivity contribution >= 4 is 0 Å². The van der Waals surface area contributed by atoms with Crippen LogP contribution in [0, 0.1) is 0 Å². The van der Waals surface area contributed by atoms with Crippen LogP contribution in [-0.2, 0) is 5.60 Å². The molecule has 18 heteroatoms. The lowest BCUT2D eigenvalue weighted by atomic mass is 9.82. The van der Waals surface area contributed by atoms with E-state index in [4.69, 9.17) is 4.74 Å². The molecule has 2 nitrogen and oxygen atoms in total. The van der Waals surface area contributed by atoms with Crippen molar-refractivity contribution in [2.45, 2.75) is 67.3 Å². The molecule has 0 aliphatic heterocycles. The molecule has 0 radical (unpaired) electrons. The maximum absolute atomic E-state index is 14.1. The van der Waals surface area contributed by atoms with Crippen LogP contribution in [0.1, 0.15) is 25.3 Å². The van der Waals surface area contributed by atoms with E-state index in [2.05, 4.69) is 0 Å². The van der Waals surface area contributed by atoms with Crippen LogP contribution in [0.25, 0.3) is 0 Å². The van der Waals surface area contributed by atoms with Gasteiger partial charge in [-0.25, -0.2) is 0 Å². The summed E-state index contributed by atoms with van der Waals surface area (Å²) in [6.45, 7) is 1.56. The van der Waals surface area contributed by atoms with Gasteiger partial charge in [-0.1, -0.05) is 19.1 Å². The topological polar surface area (TPSA) is 29.5 Å². The number of alkyl halides is 16. The fourth-order valence-corrected chi connectivity index (χ4v) is 2.65.